The predicted molar refractivity (Wildman–Crippen MR) is 99.6 cm³/mol. The van der Waals surface area contributed by atoms with Crippen LogP contribution in [-0.4, -0.2) is 42.3 Å². The Hall–Kier alpha value is -1.55. The minimum atomic E-state index is -0.459. The number of carbonyl (C=O) groups is 3. The number of esters is 1. The van der Waals surface area contributed by atoms with E-state index in [1.807, 2.05) is 13.0 Å². The summed E-state index contributed by atoms with van der Waals surface area (Å²) in [7, 11) is 1.30. The lowest BCUT2D eigenvalue weighted by Gasteiger charge is -2.09. The maximum Gasteiger partial charge on any atom is 0.343 e. The molecule has 2 rings (SSSR count). The fraction of sp³-hybridized carbons (Fsp3) is 0.312. The van der Waals surface area contributed by atoms with E-state index in [-0.39, 0.29) is 17.8 Å². The lowest BCUT2D eigenvalue weighted by Crippen LogP contribution is -2.28. The predicted octanol–water partition coefficient (Wildman–Crippen LogP) is 3.29. The number of carbonyl (C=O) groups excluding carboxylic acids is 3. The Kier molecular flexibility index (Phi) is 6.67. The molecule has 24 heavy (non-hydrogen) atoms. The minimum Gasteiger partial charge on any atom is -0.481 e. The van der Waals surface area contributed by atoms with Gasteiger partial charge in [0, 0.05) is 6.54 Å². The summed E-state index contributed by atoms with van der Waals surface area (Å²) in [5.74, 6) is -0.162. The van der Waals surface area contributed by atoms with Crippen molar-refractivity contribution in [3.8, 4) is 5.75 Å². The molecule has 0 aliphatic carbocycles. The van der Waals surface area contributed by atoms with E-state index in [2.05, 4.69) is 27.3 Å². The summed E-state index contributed by atoms with van der Waals surface area (Å²) in [5.41, 5.74) is 0.784. The molecule has 8 heteroatoms. The Morgan fingerprint density at radius 1 is 1.38 bits per heavy atom. The maximum atomic E-state index is 12.2. The van der Waals surface area contributed by atoms with E-state index >= 15 is 0 Å². The lowest BCUT2D eigenvalue weighted by molar-refractivity contribution is -0.142. The number of hydrogen-bond donors (Lipinski definition) is 0. The number of ether oxygens (including phenoxy) is 2. The molecule has 0 radical (unpaired) electrons. The summed E-state index contributed by atoms with van der Waals surface area (Å²) < 4.78 is 10.7. The highest BCUT2D eigenvalue weighted by Crippen LogP contribution is 2.33. The Bertz CT molecular complexity index is 704. The molecule has 1 heterocycles. The first-order valence-corrected chi connectivity index (χ1v) is 9.10. The number of rotatable bonds is 6. The standard InChI is InChI=1S/C16H16INO5S/c1-3-6-18-15(20)13(24-16(18)21)8-10-4-5-12(11(17)7-10)23-9-14(19)22-2/h4-5,7-8H,3,6,9H2,1-2H3/b13-8+. The van der Waals surface area contributed by atoms with Crippen LogP contribution in [0.15, 0.2) is 23.1 Å². The van der Waals surface area contributed by atoms with E-state index in [0.717, 1.165) is 27.3 Å². The van der Waals surface area contributed by atoms with E-state index in [1.54, 1.807) is 18.2 Å². The van der Waals surface area contributed by atoms with E-state index in [1.165, 1.54) is 12.0 Å². The van der Waals surface area contributed by atoms with Crippen LogP contribution in [0.4, 0.5) is 4.79 Å². The van der Waals surface area contributed by atoms with Crippen LogP contribution in [0, 0.1) is 3.57 Å². The largest absolute Gasteiger partial charge is 0.481 e. The van der Waals surface area contributed by atoms with E-state index in [9.17, 15) is 14.4 Å². The van der Waals surface area contributed by atoms with Crippen LogP contribution in [0.2, 0.25) is 0 Å². The van der Waals surface area contributed by atoms with Crippen LogP contribution < -0.4 is 4.74 Å². The summed E-state index contributed by atoms with van der Waals surface area (Å²) in [5, 5.41) is -0.235. The Morgan fingerprint density at radius 3 is 2.75 bits per heavy atom. The normalized spacial score (nSPS) is 16.0. The van der Waals surface area contributed by atoms with Gasteiger partial charge in [-0.05, 0) is 64.5 Å². The van der Waals surface area contributed by atoms with Crippen LogP contribution in [-0.2, 0) is 14.3 Å². The van der Waals surface area contributed by atoms with Crippen molar-refractivity contribution >= 4 is 57.5 Å². The molecule has 0 atom stereocenters. The second kappa shape index (κ2) is 8.52. The second-order valence-electron chi connectivity index (χ2n) is 4.89. The zero-order chi connectivity index (χ0) is 17.7. The highest BCUT2D eigenvalue weighted by molar-refractivity contribution is 14.1. The van der Waals surface area contributed by atoms with E-state index in [0.29, 0.717) is 17.2 Å². The van der Waals surface area contributed by atoms with Gasteiger partial charge in [-0.3, -0.25) is 14.5 Å². The van der Waals surface area contributed by atoms with Gasteiger partial charge in [-0.1, -0.05) is 13.0 Å². The molecule has 0 spiro atoms. The van der Waals surface area contributed by atoms with Crippen molar-refractivity contribution in [3.63, 3.8) is 0 Å². The van der Waals surface area contributed by atoms with Crippen molar-refractivity contribution in [2.45, 2.75) is 13.3 Å². The summed E-state index contributed by atoms with van der Waals surface area (Å²) in [4.78, 5) is 36.8. The smallest absolute Gasteiger partial charge is 0.343 e. The Labute approximate surface area is 157 Å². The Balaban J connectivity index is 2.13. The number of imide groups is 1. The lowest BCUT2D eigenvalue weighted by atomic mass is 10.2. The molecule has 1 aromatic rings. The van der Waals surface area contributed by atoms with Gasteiger partial charge >= 0.3 is 5.97 Å². The maximum absolute atomic E-state index is 12.2. The van der Waals surface area contributed by atoms with Gasteiger partial charge in [0.15, 0.2) is 6.61 Å². The molecule has 0 saturated carbocycles. The van der Waals surface area contributed by atoms with Crippen LogP contribution in [0.5, 0.6) is 5.75 Å². The number of methoxy groups -OCH3 is 1. The van der Waals surface area contributed by atoms with Gasteiger partial charge in [-0.15, -0.1) is 0 Å². The fourth-order valence-electron chi connectivity index (χ4n) is 1.99. The molecular formula is C16H16INO5S. The summed E-state index contributed by atoms with van der Waals surface area (Å²) >= 11 is 3.03. The third-order valence-electron chi connectivity index (χ3n) is 3.15. The number of amides is 2. The molecule has 0 unspecified atom stereocenters. The van der Waals surface area contributed by atoms with Crippen molar-refractivity contribution < 1.29 is 23.9 Å². The van der Waals surface area contributed by atoms with Crippen molar-refractivity contribution in [1.29, 1.82) is 0 Å². The van der Waals surface area contributed by atoms with Crippen LogP contribution in [0.1, 0.15) is 18.9 Å². The first kappa shape index (κ1) is 18.8. The molecule has 1 fully saturated rings. The van der Waals surface area contributed by atoms with Gasteiger partial charge in [0.05, 0.1) is 15.6 Å². The first-order chi connectivity index (χ1) is 11.5. The van der Waals surface area contributed by atoms with Gasteiger partial charge in [-0.2, -0.15) is 0 Å². The van der Waals surface area contributed by atoms with Gasteiger partial charge in [0.25, 0.3) is 11.1 Å². The summed E-state index contributed by atoms with van der Waals surface area (Å²) in [6.07, 6.45) is 2.42. The topological polar surface area (TPSA) is 72.9 Å². The molecule has 6 nitrogen and oxygen atoms in total. The van der Waals surface area contributed by atoms with Crippen LogP contribution in [0.3, 0.4) is 0 Å². The second-order valence-corrected chi connectivity index (χ2v) is 7.04. The van der Waals surface area contributed by atoms with Crippen molar-refractivity contribution in [1.82, 2.24) is 4.90 Å². The summed E-state index contributed by atoms with van der Waals surface area (Å²) in [6.45, 7) is 2.18. The van der Waals surface area contributed by atoms with Gasteiger partial charge in [0.2, 0.25) is 0 Å². The number of halogens is 1. The average Bonchev–Trinajstić information content (AvgIpc) is 2.81. The average molecular weight is 461 g/mol. The molecule has 0 aromatic heterocycles. The zero-order valence-electron chi connectivity index (χ0n) is 13.2. The SMILES string of the molecule is CCCN1C(=O)S/C(=C/c2ccc(OCC(=O)OC)c(I)c2)C1=O. The molecule has 1 aromatic carbocycles. The first-order valence-electron chi connectivity index (χ1n) is 7.20. The van der Waals surface area contributed by atoms with E-state index in [4.69, 9.17) is 4.74 Å². The van der Waals surface area contributed by atoms with Gasteiger partial charge < -0.3 is 9.47 Å². The summed E-state index contributed by atoms with van der Waals surface area (Å²) in [6, 6.07) is 5.30. The molecule has 0 bridgehead atoms. The fourth-order valence-corrected chi connectivity index (χ4v) is 3.55. The number of thioether (sulfide) groups is 1. The highest BCUT2D eigenvalue weighted by Gasteiger charge is 2.34. The molecule has 1 aliphatic heterocycles. The van der Waals surface area contributed by atoms with Gasteiger partial charge in [0.1, 0.15) is 5.75 Å². The third kappa shape index (κ3) is 4.50. The van der Waals surface area contributed by atoms with E-state index < -0.39 is 5.97 Å². The molecule has 1 saturated heterocycles. The Morgan fingerprint density at radius 2 is 2.12 bits per heavy atom. The number of hydrogen-bond acceptors (Lipinski definition) is 6. The number of benzene rings is 1. The molecular weight excluding hydrogens is 445 g/mol. The molecule has 2 amide bonds. The number of nitrogens with zero attached hydrogens (tertiary/aromatic N) is 1. The molecule has 128 valence electrons. The minimum absolute atomic E-state index is 0.165. The zero-order valence-corrected chi connectivity index (χ0v) is 16.2. The quantitative estimate of drug-likeness (QED) is 0.368. The monoisotopic (exact) mass is 461 g/mol. The van der Waals surface area contributed by atoms with Gasteiger partial charge in [-0.25, -0.2) is 4.79 Å². The molecule has 0 N–H and O–H groups in total. The molecule has 1 aliphatic rings. The van der Waals surface area contributed by atoms with Crippen molar-refractivity contribution in [2.24, 2.45) is 0 Å². The van der Waals surface area contributed by atoms with Crippen LogP contribution in [0.25, 0.3) is 6.08 Å². The van der Waals surface area contributed by atoms with Crippen LogP contribution >= 0.6 is 34.4 Å². The third-order valence-corrected chi connectivity index (χ3v) is 4.90. The highest BCUT2D eigenvalue weighted by atomic mass is 127. The van der Waals surface area contributed by atoms with Crippen molar-refractivity contribution in [2.75, 3.05) is 20.3 Å². The van der Waals surface area contributed by atoms with Crippen molar-refractivity contribution in [3.05, 3.63) is 32.2 Å².